The van der Waals surface area contributed by atoms with Gasteiger partial charge in [-0.05, 0) is 44.0 Å². The van der Waals surface area contributed by atoms with Crippen molar-refractivity contribution in [3.05, 3.63) is 35.9 Å². The molecule has 1 aromatic carbocycles. The van der Waals surface area contributed by atoms with E-state index < -0.39 is 0 Å². The Morgan fingerprint density at radius 1 is 1.30 bits per heavy atom. The third kappa shape index (κ3) is 3.78. The van der Waals surface area contributed by atoms with Crippen molar-refractivity contribution in [2.45, 2.75) is 36.5 Å². The van der Waals surface area contributed by atoms with Gasteiger partial charge in [-0.15, -0.1) is 0 Å². The second-order valence-corrected chi connectivity index (χ2v) is 7.56. The highest BCUT2D eigenvalue weighted by Gasteiger charge is 2.42. The molecule has 1 aromatic rings. The molecule has 3 heteroatoms. The smallest absolute Gasteiger partial charge is 0.0282 e. The summed E-state index contributed by atoms with van der Waals surface area (Å²) in [6.07, 6.45) is 7.58. The third-order valence-corrected chi connectivity index (χ3v) is 6.20. The molecular weight excluding hydrogens is 264 g/mol. The Balaban J connectivity index is 1.37. The van der Waals surface area contributed by atoms with E-state index in [1.165, 1.54) is 57.4 Å². The molecule has 20 heavy (non-hydrogen) atoms. The van der Waals surface area contributed by atoms with E-state index >= 15 is 0 Å². The van der Waals surface area contributed by atoms with Crippen molar-refractivity contribution in [3.63, 3.8) is 0 Å². The van der Waals surface area contributed by atoms with Crippen LogP contribution in [0.4, 0.5) is 0 Å². The van der Waals surface area contributed by atoms with Gasteiger partial charge in [0.05, 0.1) is 0 Å². The van der Waals surface area contributed by atoms with E-state index in [4.69, 9.17) is 0 Å². The molecule has 1 saturated heterocycles. The molecule has 0 bridgehead atoms. The van der Waals surface area contributed by atoms with Gasteiger partial charge in [0.15, 0.2) is 0 Å². The maximum absolute atomic E-state index is 3.80. The van der Waals surface area contributed by atoms with E-state index in [1.807, 2.05) is 0 Å². The summed E-state index contributed by atoms with van der Waals surface area (Å²) in [6, 6.07) is 11.6. The summed E-state index contributed by atoms with van der Waals surface area (Å²) in [4.78, 5) is 2.61. The lowest BCUT2D eigenvalue weighted by Crippen LogP contribution is -2.37. The number of hydrogen-bond acceptors (Lipinski definition) is 3. The molecule has 2 nitrogen and oxygen atoms in total. The van der Waals surface area contributed by atoms with Crippen LogP contribution in [0.5, 0.6) is 0 Å². The first-order valence-corrected chi connectivity index (χ1v) is 9.07. The van der Waals surface area contributed by atoms with Gasteiger partial charge < -0.3 is 10.2 Å². The second kappa shape index (κ2) is 6.50. The van der Waals surface area contributed by atoms with E-state index in [1.54, 1.807) is 0 Å². The summed E-state index contributed by atoms with van der Waals surface area (Å²) in [5.74, 6) is 0. The minimum Gasteiger partial charge on any atom is -0.311 e. The first kappa shape index (κ1) is 14.4. The SMILES string of the molecule is CSC1(CNC2CCN(CCc3ccccc3)C2)CC1. The van der Waals surface area contributed by atoms with E-state index in [9.17, 15) is 0 Å². The van der Waals surface area contributed by atoms with Crippen LogP contribution in [0, 0.1) is 0 Å². The normalized spacial score (nSPS) is 24.9. The third-order valence-electron chi connectivity index (χ3n) is 4.79. The number of nitrogens with one attached hydrogen (secondary N) is 1. The number of benzene rings is 1. The summed E-state index contributed by atoms with van der Waals surface area (Å²) in [6.45, 7) is 4.91. The lowest BCUT2D eigenvalue weighted by Gasteiger charge is -2.19. The Morgan fingerprint density at radius 3 is 2.80 bits per heavy atom. The molecule has 0 radical (unpaired) electrons. The molecule has 3 rings (SSSR count). The summed E-state index contributed by atoms with van der Waals surface area (Å²) >= 11 is 2.05. The molecule has 2 aliphatic rings. The number of rotatable bonds is 7. The van der Waals surface area contributed by atoms with Crippen LogP contribution in [-0.2, 0) is 6.42 Å². The van der Waals surface area contributed by atoms with Crippen LogP contribution in [0.25, 0.3) is 0 Å². The van der Waals surface area contributed by atoms with Gasteiger partial charge in [0.2, 0.25) is 0 Å². The molecule has 1 heterocycles. The zero-order valence-corrected chi connectivity index (χ0v) is 13.3. The average Bonchev–Trinajstić information content (AvgIpc) is 3.15. The molecule has 1 saturated carbocycles. The molecule has 2 fully saturated rings. The molecule has 0 spiro atoms. The molecule has 0 amide bonds. The van der Waals surface area contributed by atoms with Crippen LogP contribution < -0.4 is 5.32 Å². The Kier molecular flexibility index (Phi) is 4.69. The Hall–Kier alpha value is -0.510. The van der Waals surface area contributed by atoms with Gasteiger partial charge in [-0.1, -0.05) is 30.3 Å². The quantitative estimate of drug-likeness (QED) is 0.831. The maximum atomic E-state index is 3.80. The van der Waals surface area contributed by atoms with Crippen molar-refractivity contribution >= 4 is 11.8 Å². The Morgan fingerprint density at radius 2 is 2.10 bits per heavy atom. The number of nitrogens with zero attached hydrogens (tertiary/aromatic N) is 1. The predicted octanol–water partition coefficient (Wildman–Crippen LogP) is 2.79. The van der Waals surface area contributed by atoms with Crippen molar-refractivity contribution in [2.24, 2.45) is 0 Å². The minimum absolute atomic E-state index is 0.595. The monoisotopic (exact) mass is 290 g/mol. The molecule has 1 N–H and O–H groups in total. The fourth-order valence-corrected chi connectivity index (χ4v) is 3.80. The predicted molar refractivity (Wildman–Crippen MR) is 88.5 cm³/mol. The fourth-order valence-electron chi connectivity index (χ4n) is 3.06. The highest BCUT2D eigenvalue weighted by molar-refractivity contribution is 8.00. The average molecular weight is 290 g/mol. The lowest BCUT2D eigenvalue weighted by molar-refractivity contribution is 0.331. The second-order valence-electron chi connectivity index (χ2n) is 6.29. The maximum Gasteiger partial charge on any atom is 0.0282 e. The topological polar surface area (TPSA) is 15.3 Å². The van der Waals surface area contributed by atoms with Gasteiger partial charge in [0, 0.05) is 30.4 Å². The molecule has 1 aliphatic carbocycles. The molecule has 110 valence electrons. The van der Waals surface area contributed by atoms with Crippen LogP contribution >= 0.6 is 11.8 Å². The van der Waals surface area contributed by atoms with Crippen LogP contribution in [0.15, 0.2) is 30.3 Å². The molecule has 1 aliphatic heterocycles. The summed E-state index contributed by atoms with van der Waals surface area (Å²) in [5.41, 5.74) is 1.46. The van der Waals surface area contributed by atoms with E-state index in [-0.39, 0.29) is 0 Å². The van der Waals surface area contributed by atoms with Crippen molar-refractivity contribution in [1.29, 1.82) is 0 Å². The number of likely N-dealkylation sites (tertiary alicyclic amines) is 1. The van der Waals surface area contributed by atoms with E-state index in [0.29, 0.717) is 4.75 Å². The molecule has 1 atom stereocenters. The van der Waals surface area contributed by atoms with Crippen LogP contribution in [-0.4, -0.2) is 48.1 Å². The number of thioether (sulfide) groups is 1. The zero-order valence-electron chi connectivity index (χ0n) is 12.5. The van der Waals surface area contributed by atoms with Crippen molar-refractivity contribution in [3.8, 4) is 0 Å². The van der Waals surface area contributed by atoms with E-state index in [0.717, 1.165) is 6.04 Å². The van der Waals surface area contributed by atoms with Gasteiger partial charge in [0.1, 0.15) is 0 Å². The first-order valence-electron chi connectivity index (χ1n) is 7.84. The van der Waals surface area contributed by atoms with Crippen LogP contribution in [0.1, 0.15) is 24.8 Å². The minimum atomic E-state index is 0.595. The highest BCUT2D eigenvalue weighted by Crippen LogP contribution is 2.46. The fraction of sp³-hybridized carbons (Fsp3) is 0.647. The van der Waals surface area contributed by atoms with Crippen molar-refractivity contribution in [1.82, 2.24) is 10.2 Å². The van der Waals surface area contributed by atoms with E-state index in [2.05, 4.69) is 58.6 Å². The summed E-state index contributed by atoms with van der Waals surface area (Å²) in [5, 5.41) is 3.80. The van der Waals surface area contributed by atoms with Gasteiger partial charge in [0.25, 0.3) is 0 Å². The Bertz CT molecular complexity index is 416. The molecule has 1 unspecified atom stereocenters. The van der Waals surface area contributed by atoms with Gasteiger partial charge in [-0.2, -0.15) is 11.8 Å². The standard InChI is InChI=1S/C17H26N2S/c1-20-17(9-10-17)14-18-16-8-12-19(13-16)11-7-15-5-3-2-4-6-15/h2-6,16,18H,7-14H2,1H3. The van der Waals surface area contributed by atoms with Gasteiger partial charge in [-0.3, -0.25) is 0 Å². The zero-order chi connectivity index (χ0) is 13.8. The lowest BCUT2D eigenvalue weighted by atomic mass is 10.1. The molecule has 0 aromatic heterocycles. The van der Waals surface area contributed by atoms with Crippen LogP contribution in [0.3, 0.4) is 0 Å². The summed E-state index contributed by atoms with van der Waals surface area (Å²) < 4.78 is 0.595. The highest BCUT2D eigenvalue weighted by atomic mass is 32.2. The van der Waals surface area contributed by atoms with Gasteiger partial charge in [-0.25, -0.2) is 0 Å². The first-order chi connectivity index (χ1) is 9.80. The van der Waals surface area contributed by atoms with Crippen molar-refractivity contribution in [2.75, 3.05) is 32.4 Å². The van der Waals surface area contributed by atoms with Crippen molar-refractivity contribution < 1.29 is 0 Å². The molecular formula is C17H26N2S. The van der Waals surface area contributed by atoms with Crippen LogP contribution in [0.2, 0.25) is 0 Å². The number of hydrogen-bond donors (Lipinski definition) is 1. The largest absolute Gasteiger partial charge is 0.311 e. The summed E-state index contributed by atoms with van der Waals surface area (Å²) in [7, 11) is 0. The van der Waals surface area contributed by atoms with Gasteiger partial charge >= 0.3 is 0 Å². The Labute approximate surface area is 127 Å².